The van der Waals surface area contributed by atoms with Gasteiger partial charge in [0, 0.05) is 24.0 Å². The molecule has 2 aromatic heterocycles. The van der Waals surface area contributed by atoms with Crippen LogP contribution in [0.4, 0.5) is 0 Å². The molecule has 0 fully saturated rings. The van der Waals surface area contributed by atoms with Crippen LogP contribution in [0.2, 0.25) is 0 Å². The third-order valence-electron chi connectivity index (χ3n) is 5.95. The predicted molar refractivity (Wildman–Crippen MR) is 123 cm³/mol. The Labute approximate surface area is 191 Å². The molecule has 0 bridgehead atoms. The summed E-state index contributed by atoms with van der Waals surface area (Å²) in [5.41, 5.74) is 5.06. The van der Waals surface area contributed by atoms with Gasteiger partial charge in [0.2, 0.25) is 12.7 Å². The van der Waals surface area contributed by atoms with E-state index in [2.05, 4.69) is 29.7 Å². The monoisotopic (exact) mass is 438 g/mol. The molecule has 2 aliphatic rings. The molecule has 0 atom stereocenters. The van der Waals surface area contributed by atoms with Crippen LogP contribution in [0.25, 0.3) is 17.6 Å². The Morgan fingerprint density at radius 3 is 2.70 bits per heavy atom. The fourth-order valence-electron chi connectivity index (χ4n) is 4.33. The van der Waals surface area contributed by atoms with Crippen molar-refractivity contribution in [3.63, 3.8) is 0 Å². The second-order valence-electron chi connectivity index (χ2n) is 8.23. The minimum atomic E-state index is -0.0498. The number of aromatic nitrogens is 3. The van der Waals surface area contributed by atoms with Crippen molar-refractivity contribution in [2.45, 2.75) is 20.0 Å². The van der Waals surface area contributed by atoms with Gasteiger partial charge < -0.3 is 18.9 Å². The lowest BCUT2D eigenvalue weighted by atomic mass is 10.2. The molecule has 33 heavy (non-hydrogen) atoms. The van der Waals surface area contributed by atoms with Gasteiger partial charge in [0.05, 0.1) is 24.5 Å². The van der Waals surface area contributed by atoms with Gasteiger partial charge in [-0.25, -0.2) is 4.68 Å². The summed E-state index contributed by atoms with van der Waals surface area (Å²) in [5, 5.41) is 4.90. The maximum atomic E-state index is 13.0. The van der Waals surface area contributed by atoms with E-state index >= 15 is 0 Å². The van der Waals surface area contributed by atoms with E-state index in [9.17, 15) is 4.79 Å². The first-order valence-electron chi connectivity index (χ1n) is 10.8. The Bertz CT molecular complexity index is 1380. The van der Waals surface area contributed by atoms with E-state index in [-0.39, 0.29) is 12.7 Å². The second kappa shape index (κ2) is 7.70. The first kappa shape index (κ1) is 19.4. The number of ether oxygens (including phenoxy) is 2. The molecular weight excluding hydrogens is 416 g/mol. The SMILES string of the molecule is Cc1cccc(-n2nc3c(c2-n2cccc2)CN(C(=O)/C=C/c2ccc4c(c2)OCO4)C3)c1. The van der Waals surface area contributed by atoms with Crippen molar-refractivity contribution in [3.8, 4) is 23.0 Å². The predicted octanol–water partition coefficient (Wildman–Crippen LogP) is 4.26. The number of hydrogen-bond acceptors (Lipinski definition) is 4. The van der Waals surface area contributed by atoms with Crippen LogP contribution in [0.15, 0.2) is 73.1 Å². The van der Waals surface area contributed by atoms with Crippen molar-refractivity contribution < 1.29 is 14.3 Å². The summed E-state index contributed by atoms with van der Waals surface area (Å²) in [6, 6.07) is 17.9. The van der Waals surface area contributed by atoms with E-state index in [4.69, 9.17) is 14.6 Å². The van der Waals surface area contributed by atoms with Crippen molar-refractivity contribution >= 4 is 12.0 Å². The summed E-state index contributed by atoms with van der Waals surface area (Å²) in [5.74, 6) is 2.35. The lowest BCUT2D eigenvalue weighted by Gasteiger charge is -2.16. The second-order valence-corrected chi connectivity index (χ2v) is 8.23. The van der Waals surface area contributed by atoms with Crippen molar-refractivity contribution in [3.05, 3.63) is 95.5 Å². The maximum Gasteiger partial charge on any atom is 0.247 e. The zero-order chi connectivity index (χ0) is 22.4. The number of hydrogen-bond donors (Lipinski definition) is 0. The van der Waals surface area contributed by atoms with Crippen molar-refractivity contribution in [1.29, 1.82) is 0 Å². The van der Waals surface area contributed by atoms with E-state index in [1.165, 1.54) is 5.56 Å². The third kappa shape index (κ3) is 3.47. The molecule has 6 rings (SSSR count). The van der Waals surface area contributed by atoms with E-state index in [1.54, 1.807) is 12.2 Å². The van der Waals surface area contributed by atoms with E-state index in [0.29, 0.717) is 18.8 Å². The third-order valence-corrected chi connectivity index (χ3v) is 5.95. The first-order chi connectivity index (χ1) is 16.2. The summed E-state index contributed by atoms with van der Waals surface area (Å²) in [6.07, 6.45) is 7.43. The minimum Gasteiger partial charge on any atom is -0.454 e. The number of nitrogens with zero attached hydrogens (tertiary/aromatic N) is 4. The Morgan fingerprint density at radius 2 is 1.85 bits per heavy atom. The summed E-state index contributed by atoms with van der Waals surface area (Å²) >= 11 is 0. The van der Waals surface area contributed by atoms with E-state index in [0.717, 1.165) is 34.1 Å². The van der Waals surface area contributed by atoms with Gasteiger partial charge in [-0.2, -0.15) is 5.10 Å². The molecule has 0 saturated heterocycles. The molecule has 2 aliphatic heterocycles. The van der Waals surface area contributed by atoms with Crippen LogP contribution < -0.4 is 9.47 Å². The highest BCUT2D eigenvalue weighted by atomic mass is 16.7. The average Bonchev–Trinajstić information content (AvgIpc) is 3.60. The Balaban J connectivity index is 1.27. The zero-order valence-corrected chi connectivity index (χ0v) is 18.1. The van der Waals surface area contributed by atoms with Crippen molar-refractivity contribution in [1.82, 2.24) is 19.2 Å². The van der Waals surface area contributed by atoms with Gasteiger partial charge in [0.25, 0.3) is 0 Å². The van der Waals surface area contributed by atoms with Crippen LogP contribution in [0.1, 0.15) is 22.4 Å². The minimum absolute atomic E-state index is 0.0498. The lowest BCUT2D eigenvalue weighted by molar-refractivity contribution is -0.126. The van der Waals surface area contributed by atoms with E-state index in [1.807, 2.05) is 58.4 Å². The number of fused-ring (bicyclic) bond motifs is 2. The standard InChI is InChI=1S/C26H22N4O3/c1-18-5-4-6-20(13-18)30-26(28-11-2-3-12-28)21-15-29(16-22(21)27-30)25(31)10-8-19-7-9-23-24(14-19)33-17-32-23/h2-14H,15-17H2,1H3/b10-8+. The molecule has 0 radical (unpaired) electrons. The van der Waals surface area contributed by atoms with Gasteiger partial charge in [-0.05, 0) is 60.5 Å². The molecule has 0 spiro atoms. The largest absolute Gasteiger partial charge is 0.454 e. The van der Waals surface area contributed by atoms with Crippen molar-refractivity contribution in [2.75, 3.05) is 6.79 Å². The quantitative estimate of drug-likeness (QED) is 0.447. The Kier molecular flexibility index (Phi) is 4.54. The molecule has 4 heterocycles. The topological polar surface area (TPSA) is 61.5 Å². The zero-order valence-electron chi connectivity index (χ0n) is 18.1. The molecule has 1 amide bonds. The van der Waals surface area contributed by atoms with Gasteiger partial charge in [-0.15, -0.1) is 0 Å². The molecule has 0 N–H and O–H groups in total. The van der Waals surface area contributed by atoms with Gasteiger partial charge in [0.1, 0.15) is 5.82 Å². The smallest absolute Gasteiger partial charge is 0.247 e. The highest BCUT2D eigenvalue weighted by molar-refractivity contribution is 5.92. The number of amides is 1. The summed E-state index contributed by atoms with van der Waals surface area (Å²) in [4.78, 5) is 14.8. The summed E-state index contributed by atoms with van der Waals surface area (Å²) < 4.78 is 14.8. The molecular formula is C26H22N4O3. The Morgan fingerprint density at radius 1 is 1.00 bits per heavy atom. The highest BCUT2D eigenvalue weighted by Crippen LogP contribution is 2.33. The van der Waals surface area contributed by atoms with Crippen LogP contribution in [-0.2, 0) is 17.9 Å². The fourth-order valence-corrected chi connectivity index (χ4v) is 4.33. The van der Waals surface area contributed by atoms with Crippen molar-refractivity contribution in [2.24, 2.45) is 0 Å². The van der Waals surface area contributed by atoms with Gasteiger partial charge in [-0.1, -0.05) is 18.2 Å². The van der Waals surface area contributed by atoms with Crippen LogP contribution in [0.3, 0.4) is 0 Å². The fraction of sp³-hybridized carbons (Fsp3) is 0.154. The molecule has 7 nitrogen and oxygen atoms in total. The average molecular weight is 438 g/mol. The van der Waals surface area contributed by atoms with Crippen LogP contribution >= 0.6 is 0 Å². The number of rotatable bonds is 4. The van der Waals surface area contributed by atoms with Crippen LogP contribution in [-0.4, -0.2) is 31.9 Å². The van der Waals surface area contributed by atoms with E-state index < -0.39 is 0 Å². The summed E-state index contributed by atoms with van der Waals surface area (Å²) in [6.45, 7) is 3.30. The molecule has 2 aromatic carbocycles. The van der Waals surface area contributed by atoms with Crippen LogP contribution in [0, 0.1) is 6.92 Å². The van der Waals surface area contributed by atoms with Gasteiger partial charge >= 0.3 is 0 Å². The highest BCUT2D eigenvalue weighted by Gasteiger charge is 2.30. The molecule has 7 heteroatoms. The molecule has 0 aliphatic carbocycles. The molecule has 4 aromatic rings. The number of carbonyl (C=O) groups is 1. The number of aryl methyl sites for hydroxylation is 1. The number of carbonyl (C=O) groups excluding carboxylic acids is 1. The number of benzene rings is 2. The first-order valence-corrected chi connectivity index (χ1v) is 10.8. The lowest BCUT2D eigenvalue weighted by Crippen LogP contribution is -2.24. The van der Waals surface area contributed by atoms with Crippen LogP contribution in [0.5, 0.6) is 11.5 Å². The molecule has 164 valence electrons. The van der Waals surface area contributed by atoms with Gasteiger partial charge in [0.15, 0.2) is 11.5 Å². The molecule has 0 saturated carbocycles. The normalized spacial score (nSPS) is 14.3. The maximum absolute atomic E-state index is 13.0. The Hall–Kier alpha value is -4.26. The molecule has 0 unspecified atom stereocenters. The summed E-state index contributed by atoms with van der Waals surface area (Å²) in [7, 11) is 0. The van der Waals surface area contributed by atoms with Gasteiger partial charge in [-0.3, -0.25) is 4.79 Å².